The lowest BCUT2D eigenvalue weighted by Crippen LogP contribution is -2.38. The van der Waals surface area contributed by atoms with Gasteiger partial charge in [0, 0.05) is 5.69 Å². The van der Waals surface area contributed by atoms with Crippen molar-refractivity contribution in [1.29, 1.82) is 0 Å². The quantitative estimate of drug-likeness (QED) is 0.551. The number of benzene rings is 3. The molecule has 0 aliphatic carbocycles. The number of halogens is 3. The maximum atomic E-state index is 13.2. The van der Waals surface area contributed by atoms with Crippen LogP contribution in [0.25, 0.3) is 0 Å². The zero-order chi connectivity index (χ0) is 23.5. The third-order valence-electron chi connectivity index (χ3n) is 4.87. The van der Waals surface area contributed by atoms with E-state index in [9.17, 15) is 26.4 Å². The summed E-state index contributed by atoms with van der Waals surface area (Å²) in [5.74, 6) is -0.690. The summed E-state index contributed by atoms with van der Waals surface area (Å²) in [6, 6.07) is 16.3. The van der Waals surface area contributed by atoms with Gasteiger partial charge in [-0.15, -0.1) is 0 Å². The van der Waals surface area contributed by atoms with Crippen molar-refractivity contribution in [3.63, 3.8) is 0 Å². The average molecular weight is 462 g/mol. The number of nitrogens with zero attached hydrogens (tertiary/aromatic N) is 1. The number of nitrogens with one attached hydrogen (secondary N) is 1. The monoisotopic (exact) mass is 462 g/mol. The van der Waals surface area contributed by atoms with Crippen molar-refractivity contribution in [3.8, 4) is 0 Å². The van der Waals surface area contributed by atoms with Crippen LogP contribution in [0.2, 0.25) is 0 Å². The number of sulfonamides is 1. The number of alkyl halides is 3. The molecule has 1 N–H and O–H groups in total. The lowest BCUT2D eigenvalue weighted by Gasteiger charge is -2.25. The minimum Gasteiger partial charge on any atom is -0.325 e. The fraction of sp³-hybridized carbons (Fsp3) is 0.174. The second-order valence-corrected chi connectivity index (χ2v) is 9.08. The van der Waals surface area contributed by atoms with Crippen LogP contribution in [0.3, 0.4) is 0 Å². The molecule has 5 nitrogen and oxygen atoms in total. The minimum atomic E-state index is -4.67. The molecular formula is C23H21F3N2O3S. The predicted molar refractivity (Wildman–Crippen MR) is 117 cm³/mol. The fourth-order valence-electron chi connectivity index (χ4n) is 3.02. The molecule has 3 rings (SSSR count). The van der Waals surface area contributed by atoms with Gasteiger partial charge in [0.2, 0.25) is 5.91 Å². The second-order valence-electron chi connectivity index (χ2n) is 7.22. The van der Waals surface area contributed by atoms with E-state index < -0.39 is 34.2 Å². The highest BCUT2D eigenvalue weighted by molar-refractivity contribution is 7.92. The van der Waals surface area contributed by atoms with Crippen molar-refractivity contribution in [1.82, 2.24) is 0 Å². The molecule has 0 saturated carbocycles. The van der Waals surface area contributed by atoms with Crippen LogP contribution in [0.15, 0.2) is 77.7 Å². The maximum Gasteiger partial charge on any atom is 0.416 e. The smallest absolute Gasteiger partial charge is 0.325 e. The fourth-order valence-corrected chi connectivity index (χ4v) is 4.46. The first kappa shape index (κ1) is 23.3. The lowest BCUT2D eigenvalue weighted by molar-refractivity contribution is -0.137. The highest BCUT2D eigenvalue weighted by Crippen LogP contribution is 2.33. The van der Waals surface area contributed by atoms with Crippen LogP contribution < -0.4 is 9.62 Å². The van der Waals surface area contributed by atoms with E-state index in [0.29, 0.717) is 16.1 Å². The number of anilines is 2. The van der Waals surface area contributed by atoms with Crippen LogP contribution >= 0.6 is 0 Å². The molecule has 0 fully saturated rings. The molecule has 0 bridgehead atoms. The van der Waals surface area contributed by atoms with Crippen molar-refractivity contribution in [2.45, 2.75) is 24.9 Å². The van der Waals surface area contributed by atoms with E-state index in [1.165, 1.54) is 30.3 Å². The summed E-state index contributed by atoms with van der Waals surface area (Å²) in [6.45, 7) is 3.06. The second kappa shape index (κ2) is 9.04. The zero-order valence-corrected chi connectivity index (χ0v) is 18.2. The van der Waals surface area contributed by atoms with Gasteiger partial charge in [-0.05, 0) is 67.4 Å². The normalized spacial score (nSPS) is 11.8. The Hall–Kier alpha value is -3.33. The Balaban J connectivity index is 1.99. The molecule has 0 aliphatic heterocycles. The van der Waals surface area contributed by atoms with Crippen LogP contribution in [0.1, 0.15) is 16.7 Å². The molecule has 0 saturated heterocycles. The molecule has 3 aromatic rings. The Labute approximate surface area is 184 Å². The van der Waals surface area contributed by atoms with Crippen molar-refractivity contribution in [2.24, 2.45) is 0 Å². The number of carbonyl (C=O) groups is 1. The lowest BCUT2D eigenvalue weighted by atomic mass is 10.1. The zero-order valence-electron chi connectivity index (χ0n) is 17.3. The molecule has 1 amide bonds. The van der Waals surface area contributed by atoms with Gasteiger partial charge < -0.3 is 5.32 Å². The molecule has 0 unspecified atom stereocenters. The van der Waals surface area contributed by atoms with Crippen LogP contribution in [0.5, 0.6) is 0 Å². The summed E-state index contributed by atoms with van der Waals surface area (Å²) in [7, 11) is -4.31. The number of hydrogen-bond donors (Lipinski definition) is 1. The third-order valence-corrected chi connectivity index (χ3v) is 6.66. The standard InChI is InChI=1S/C23H21F3N2O3S/c1-16-11-12-19(13-17(16)2)27-22(29)15-28(32(30,31)21-9-4-3-5-10-21)20-8-6-7-18(14-20)23(24,25)26/h3-14H,15H2,1-2H3,(H,27,29). The number of hydrogen-bond acceptors (Lipinski definition) is 3. The first-order chi connectivity index (χ1) is 15.0. The summed E-state index contributed by atoms with van der Waals surface area (Å²) in [5, 5.41) is 2.61. The molecule has 9 heteroatoms. The molecule has 3 aromatic carbocycles. The van der Waals surface area contributed by atoms with Crippen molar-refractivity contribution in [2.75, 3.05) is 16.2 Å². The van der Waals surface area contributed by atoms with E-state index in [2.05, 4.69) is 5.32 Å². The van der Waals surface area contributed by atoms with Crippen LogP contribution in [0.4, 0.5) is 24.5 Å². The van der Waals surface area contributed by atoms with Crippen molar-refractivity contribution < 1.29 is 26.4 Å². The Morgan fingerprint density at radius 3 is 2.22 bits per heavy atom. The first-order valence-electron chi connectivity index (χ1n) is 9.60. The minimum absolute atomic E-state index is 0.142. The summed E-state index contributed by atoms with van der Waals surface area (Å²) >= 11 is 0. The van der Waals surface area contributed by atoms with Gasteiger partial charge in [0.15, 0.2) is 0 Å². The molecule has 0 atom stereocenters. The topological polar surface area (TPSA) is 66.5 Å². The van der Waals surface area contributed by atoms with Gasteiger partial charge >= 0.3 is 6.18 Å². The molecule has 32 heavy (non-hydrogen) atoms. The summed E-state index contributed by atoms with van der Waals surface area (Å²) < 4.78 is 66.8. The Bertz CT molecular complexity index is 1230. The number of aryl methyl sites for hydroxylation is 2. The Morgan fingerprint density at radius 1 is 0.906 bits per heavy atom. The first-order valence-corrected chi connectivity index (χ1v) is 11.0. The maximum absolute atomic E-state index is 13.2. The van der Waals surface area contributed by atoms with E-state index in [4.69, 9.17) is 0 Å². The van der Waals surface area contributed by atoms with E-state index >= 15 is 0 Å². The van der Waals surface area contributed by atoms with Crippen molar-refractivity contribution >= 4 is 27.3 Å². The number of amides is 1. The van der Waals surface area contributed by atoms with Gasteiger partial charge in [0.05, 0.1) is 16.1 Å². The van der Waals surface area contributed by atoms with E-state index in [0.717, 1.165) is 23.3 Å². The van der Waals surface area contributed by atoms with E-state index in [1.807, 2.05) is 13.8 Å². The molecule has 168 valence electrons. The molecule has 0 heterocycles. The largest absolute Gasteiger partial charge is 0.416 e. The third kappa shape index (κ3) is 5.28. The highest BCUT2D eigenvalue weighted by Gasteiger charge is 2.33. The highest BCUT2D eigenvalue weighted by atomic mass is 32.2. The van der Waals surface area contributed by atoms with Crippen molar-refractivity contribution in [3.05, 3.63) is 89.5 Å². The number of carbonyl (C=O) groups excluding carboxylic acids is 1. The molecule has 0 spiro atoms. The van der Waals surface area contributed by atoms with E-state index in [1.54, 1.807) is 24.3 Å². The summed E-state index contributed by atoms with van der Waals surface area (Å²) in [4.78, 5) is 12.6. The molecule has 0 radical (unpaired) electrons. The van der Waals surface area contributed by atoms with Gasteiger partial charge in [-0.25, -0.2) is 8.42 Å². The Morgan fingerprint density at radius 2 is 1.59 bits per heavy atom. The van der Waals surface area contributed by atoms with Gasteiger partial charge in [-0.3, -0.25) is 9.10 Å². The number of rotatable bonds is 6. The van der Waals surface area contributed by atoms with Gasteiger partial charge in [-0.1, -0.05) is 30.3 Å². The predicted octanol–water partition coefficient (Wildman–Crippen LogP) is 5.16. The van der Waals surface area contributed by atoms with Gasteiger partial charge in [-0.2, -0.15) is 13.2 Å². The molecule has 0 aliphatic rings. The van der Waals surface area contributed by atoms with Gasteiger partial charge in [0.1, 0.15) is 6.54 Å². The summed E-state index contributed by atoms with van der Waals surface area (Å²) in [6.07, 6.45) is -4.67. The average Bonchev–Trinajstić information content (AvgIpc) is 2.74. The van der Waals surface area contributed by atoms with Crippen LogP contribution in [-0.4, -0.2) is 20.9 Å². The SMILES string of the molecule is Cc1ccc(NC(=O)CN(c2cccc(C(F)(F)F)c2)S(=O)(=O)c2ccccc2)cc1C. The van der Waals surface area contributed by atoms with Gasteiger partial charge in [0.25, 0.3) is 10.0 Å². The molecular weight excluding hydrogens is 441 g/mol. The molecule has 0 aromatic heterocycles. The van der Waals surface area contributed by atoms with Crippen LogP contribution in [0, 0.1) is 13.8 Å². The summed E-state index contributed by atoms with van der Waals surface area (Å²) in [5.41, 5.74) is 1.12. The Kier molecular flexibility index (Phi) is 6.59. The van der Waals surface area contributed by atoms with Crippen LogP contribution in [-0.2, 0) is 21.0 Å². The van der Waals surface area contributed by atoms with E-state index in [-0.39, 0.29) is 10.6 Å².